The first-order valence-electron chi connectivity index (χ1n) is 6.72. The minimum atomic E-state index is -0.167. The normalized spacial score (nSPS) is 21.9. The van der Waals surface area contributed by atoms with Gasteiger partial charge in [-0.2, -0.15) is 0 Å². The Labute approximate surface area is 123 Å². The van der Waals surface area contributed by atoms with Crippen molar-refractivity contribution < 1.29 is 9.53 Å². The first-order valence-corrected chi connectivity index (χ1v) is 7.10. The number of hydrogen-bond acceptors (Lipinski definition) is 2. The van der Waals surface area contributed by atoms with Crippen LogP contribution in [0.2, 0.25) is 5.02 Å². The Morgan fingerprint density at radius 1 is 1.05 bits per heavy atom. The molecule has 0 amide bonds. The molecule has 1 aliphatic rings. The van der Waals surface area contributed by atoms with E-state index in [1.54, 1.807) is 0 Å². The smallest absolute Gasteiger partial charge is 0.168 e. The Kier molecular flexibility index (Phi) is 3.86. The van der Waals surface area contributed by atoms with E-state index in [9.17, 15) is 4.79 Å². The first-order chi connectivity index (χ1) is 9.75. The second-order valence-corrected chi connectivity index (χ2v) is 5.40. The molecule has 3 heteroatoms. The SMILES string of the molecule is O=C(c1ccccc1)[C@@H]1CCO[C@H]1c1ccc(Cl)cc1. The van der Waals surface area contributed by atoms with E-state index in [2.05, 4.69) is 0 Å². The molecule has 20 heavy (non-hydrogen) atoms. The van der Waals surface area contributed by atoms with E-state index in [0.29, 0.717) is 11.6 Å². The lowest BCUT2D eigenvalue weighted by Gasteiger charge is -2.18. The van der Waals surface area contributed by atoms with Crippen molar-refractivity contribution in [2.75, 3.05) is 6.61 Å². The Morgan fingerprint density at radius 3 is 2.45 bits per heavy atom. The summed E-state index contributed by atoms with van der Waals surface area (Å²) in [4.78, 5) is 12.6. The standard InChI is InChI=1S/C17H15ClO2/c18-14-8-6-13(7-9-14)17-15(10-11-20-17)16(19)12-4-2-1-3-5-12/h1-9,15,17H,10-11H2/t15-,17-/m0/s1. The van der Waals surface area contributed by atoms with Crippen LogP contribution >= 0.6 is 11.6 Å². The van der Waals surface area contributed by atoms with E-state index in [1.165, 1.54) is 0 Å². The molecular weight excluding hydrogens is 272 g/mol. The summed E-state index contributed by atoms with van der Waals surface area (Å²) in [6.07, 6.45) is 0.598. The zero-order chi connectivity index (χ0) is 13.9. The van der Waals surface area contributed by atoms with Gasteiger partial charge in [0.25, 0.3) is 0 Å². The third-order valence-corrected chi connectivity index (χ3v) is 3.94. The van der Waals surface area contributed by atoms with Crippen LogP contribution in [0, 0.1) is 5.92 Å². The maximum absolute atomic E-state index is 12.6. The molecule has 0 aliphatic carbocycles. The van der Waals surface area contributed by atoms with Crippen molar-refractivity contribution in [1.29, 1.82) is 0 Å². The quantitative estimate of drug-likeness (QED) is 0.786. The van der Waals surface area contributed by atoms with Crippen LogP contribution in [0.4, 0.5) is 0 Å². The van der Waals surface area contributed by atoms with E-state index in [4.69, 9.17) is 16.3 Å². The number of rotatable bonds is 3. The summed E-state index contributed by atoms with van der Waals surface area (Å²) >= 11 is 5.91. The minimum absolute atomic E-state index is 0.112. The summed E-state index contributed by atoms with van der Waals surface area (Å²) in [5.74, 6) is 0.0432. The molecule has 2 aromatic carbocycles. The van der Waals surface area contributed by atoms with Crippen LogP contribution in [0.25, 0.3) is 0 Å². The third-order valence-electron chi connectivity index (χ3n) is 3.69. The van der Waals surface area contributed by atoms with Gasteiger partial charge in [0.2, 0.25) is 0 Å². The number of ketones is 1. The molecule has 2 nitrogen and oxygen atoms in total. The number of halogens is 1. The van der Waals surface area contributed by atoms with Crippen molar-refractivity contribution in [3.05, 3.63) is 70.7 Å². The molecule has 0 spiro atoms. The van der Waals surface area contributed by atoms with E-state index < -0.39 is 0 Å². The molecule has 0 bridgehead atoms. The predicted octanol–water partition coefficient (Wildman–Crippen LogP) is 4.30. The van der Waals surface area contributed by atoms with Gasteiger partial charge < -0.3 is 4.74 Å². The molecule has 3 rings (SSSR count). The summed E-state index contributed by atoms with van der Waals surface area (Å²) in [5.41, 5.74) is 1.77. The molecule has 1 fully saturated rings. The molecule has 2 atom stereocenters. The molecule has 1 aliphatic heterocycles. The van der Waals surface area contributed by atoms with Crippen LogP contribution in [0.3, 0.4) is 0 Å². The Balaban J connectivity index is 1.86. The lowest BCUT2D eigenvalue weighted by atomic mass is 9.88. The van der Waals surface area contributed by atoms with Crippen molar-refractivity contribution >= 4 is 17.4 Å². The molecule has 0 saturated carbocycles. The number of carbonyl (C=O) groups excluding carboxylic acids is 1. The van der Waals surface area contributed by atoms with Gasteiger partial charge in [-0.1, -0.05) is 54.1 Å². The molecule has 0 N–H and O–H groups in total. The second kappa shape index (κ2) is 5.78. The largest absolute Gasteiger partial charge is 0.373 e. The van der Waals surface area contributed by atoms with E-state index in [0.717, 1.165) is 17.5 Å². The van der Waals surface area contributed by atoms with Gasteiger partial charge in [0.15, 0.2) is 5.78 Å². The van der Waals surface area contributed by atoms with Crippen LogP contribution in [0.5, 0.6) is 0 Å². The van der Waals surface area contributed by atoms with Crippen LogP contribution in [0.15, 0.2) is 54.6 Å². The summed E-state index contributed by atoms with van der Waals surface area (Å²) in [7, 11) is 0. The van der Waals surface area contributed by atoms with E-state index in [1.807, 2.05) is 54.6 Å². The maximum Gasteiger partial charge on any atom is 0.168 e. The Hall–Kier alpha value is -1.64. The molecule has 0 aromatic heterocycles. The average molecular weight is 287 g/mol. The Bertz CT molecular complexity index is 592. The highest BCUT2D eigenvalue weighted by Gasteiger charge is 2.35. The highest BCUT2D eigenvalue weighted by Crippen LogP contribution is 2.36. The van der Waals surface area contributed by atoms with Gasteiger partial charge in [0, 0.05) is 17.2 Å². The zero-order valence-electron chi connectivity index (χ0n) is 11.0. The van der Waals surface area contributed by atoms with Crippen molar-refractivity contribution in [3.8, 4) is 0 Å². The topological polar surface area (TPSA) is 26.3 Å². The molecule has 1 heterocycles. The molecular formula is C17H15ClO2. The molecule has 1 saturated heterocycles. The minimum Gasteiger partial charge on any atom is -0.373 e. The van der Waals surface area contributed by atoms with E-state index >= 15 is 0 Å². The fourth-order valence-corrected chi connectivity index (χ4v) is 2.78. The van der Waals surface area contributed by atoms with Crippen molar-refractivity contribution in [2.45, 2.75) is 12.5 Å². The highest BCUT2D eigenvalue weighted by molar-refractivity contribution is 6.30. The number of carbonyl (C=O) groups is 1. The van der Waals surface area contributed by atoms with Gasteiger partial charge in [-0.05, 0) is 24.1 Å². The molecule has 2 aromatic rings. The van der Waals surface area contributed by atoms with Crippen molar-refractivity contribution in [2.24, 2.45) is 5.92 Å². The molecule has 102 valence electrons. The first kappa shape index (κ1) is 13.3. The lowest BCUT2D eigenvalue weighted by molar-refractivity contribution is 0.0701. The monoisotopic (exact) mass is 286 g/mol. The summed E-state index contributed by atoms with van der Waals surface area (Å²) < 4.78 is 5.77. The summed E-state index contributed by atoms with van der Waals surface area (Å²) in [5, 5.41) is 0.692. The van der Waals surface area contributed by atoms with Crippen LogP contribution in [-0.4, -0.2) is 12.4 Å². The van der Waals surface area contributed by atoms with Gasteiger partial charge in [-0.15, -0.1) is 0 Å². The fourth-order valence-electron chi connectivity index (χ4n) is 2.66. The van der Waals surface area contributed by atoms with E-state index in [-0.39, 0.29) is 17.8 Å². The van der Waals surface area contributed by atoms with Gasteiger partial charge in [0.05, 0.1) is 12.0 Å². The number of benzene rings is 2. The third kappa shape index (κ3) is 2.62. The number of hydrogen-bond donors (Lipinski definition) is 0. The highest BCUT2D eigenvalue weighted by atomic mass is 35.5. The predicted molar refractivity (Wildman–Crippen MR) is 79.0 cm³/mol. The Morgan fingerprint density at radius 2 is 1.75 bits per heavy atom. The lowest BCUT2D eigenvalue weighted by Crippen LogP contribution is -2.18. The molecule has 0 radical (unpaired) electrons. The fraction of sp³-hybridized carbons (Fsp3) is 0.235. The summed E-state index contributed by atoms with van der Waals surface area (Å²) in [6.45, 7) is 0.622. The van der Waals surface area contributed by atoms with Crippen molar-refractivity contribution in [1.82, 2.24) is 0 Å². The number of Topliss-reactive ketones (excluding diaryl/α,β-unsaturated/α-hetero) is 1. The van der Waals surface area contributed by atoms with Crippen molar-refractivity contribution in [3.63, 3.8) is 0 Å². The van der Waals surface area contributed by atoms with Gasteiger partial charge >= 0.3 is 0 Å². The van der Waals surface area contributed by atoms with Crippen LogP contribution in [0.1, 0.15) is 28.4 Å². The van der Waals surface area contributed by atoms with Crippen LogP contribution in [-0.2, 0) is 4.74 Å². The van der Waals surface area contributed by atoms with Crippen LogP contribution < -0.4 is 0 Å². The zero-order valence-corrected chi connectivity index (χ0v) is 11.7. The molecule has 0 unspecified atom stereocenters. The summed E-state index contributed by atoms with van der Waals surface area (Å²) in [6, 6.07) is 17.0. The maximum atomic E-state index is 12.6. The average Bonchev–Trinajstić information content (AvgIpc) is 2.97. The second-order valence-electron chi connectivity index (χ2n) is 4.97. The van der Waals surface area contributed by atoms with Gasteiger partial charge in [-0.3, -0.25) is 4.79 Å². The van der Waals surface area contributed by atoms with Gasteiger partial charge in [0.1, 0.15) is 0 Å². The van der Waals surface area contributed by atoms with Gasteiger partial charge in [-0.25, -0.2) is 0 Å². The number of ether oxygens (including phenoxy) is 1.